The third kappa shape index (κ3) is 5.14. The Morgan fingerprint density at radius 1 is 1.38 bits per heavy atom. The molecule has 0 bridgehead atoms. The topological polar surface area (TPSA) is 67.1 Å². The van der Waals surface area contributed by atoms with Crippen LogP contribution in [0.3, 0.4) is 0 Å². The molecular formula is C13H21N5S3. The molecule has 116 valence electrons. The van der Waals surface area contributed by atoms with Gasteiger partial charge < -0.3 is 16.0 Å². The standard InChI is InChI=1S/C13H21N5S3/c1-9-6-10(20-11(9)7-18(2)3)8-19-5-4-15-13-12(14)16-21-17-13/h6H,4-5,7-8H2,1-3H3,(H2,14,16)(H,15,17). The second kappa shape index (κ2) is 7.98. The SMILES string of the molecule is Cc1cc(CSCCNc2nsnc2N)sc1CN(C)C. The summed E-state index contributed by atoms with van der Waals surface area (Å²) in [4.78, 5) is 5.13. The summed E-state index contributed by atoms with van der Waals surface area (Å²) in [5, 5.41) is 3.21. The number of aromatic nitrogens is 2. The van der Waals surface area contributed by atoms with Gasteiger partial charge in [0.25, 0.3) is 0 Å². The molecule has 2 rings (SSSR count). The van der Waals surface area contributed by atoms with Gasteiger partial charge in [-0.25, -0.2) is 0 Å². The fourth-order valence-corrected chi connectivity index (χ4v) is 4.55. The third-order valence-corrected chi connectivity index (χ3v) is 5.78. The van der Waals surface area contributed by atoms with Crippen molar-refractivity contribution in [2.45, 2.75) is 19.2 Å². The van der Waals surface area contributed by atoms with E-state index in [9.17, 15) is 0 Å². The summed E-state index contributed by atoms with van der Waals surface area (Å²) in [7, 11) is 4.22. The molecule has 2 aromatic heterocycles. The maximum absolute atomic E-state index is 5.67. The lowest BCUT2D eigenvalue weighted by Gasteiger charge is -2.07. The monoisotopic (exact) mass is 343 g/mol. The lowest BCUT2D eigenvalue weighted by atomic mass is 10.2. The molecule has 0 aliphatic rings. The van der Waals surface area contributed by atoms with Crippen LogP contribution < -0.4 is 11.1 Å². The number of nitrogens with one attached hydrogen (secondary N) is 1. The first-order valence-corrected chi connectivity index (χ1v) is 9.39. The van der Waals surface area contributed by atoms with Crippen LogP contribution in [0.5, 0.6) is 0 Å². The highest BCUT2D eigenvalue weighted by atomic mass is 32.2. The molecule has 0 spiro atoms. The van der Waals surface area contributed by atoms with E-state index in [0.29, 0.717) is 11.6 Å². The van der Waals surface area contributed by atoms with Crippen molar-refractivity contribution in [2.24, 2.45) is 0 Å². The molecule has 8 heteroatoms. The number of nitrogen functional groups attached to an aromatic ring is 1. The molecule has 0 saturated carbocycles. The summed E-state index contributed by atoms with van der Waals surface area (Å²) in [6.45, 7) is 4.08. The Labute approximate surface area is 138 Å². The van der Waals surface area contributed by atoms with Gasteiger partial charge in [-0.3, -0.25) is 0 Å². The van der Waals surface area contributed by atoms with Crippen LogP contribution in [0.15, 0.2) is 6.07 Å². The molecule has 0 fully saturated rings. The predicted molar refractivity (Wildman–Crippen MR) is 95.4 cm³/mol. The number of hydrogen-bond donors (Lipinski definition) is 2. The van der Waals surface area contributed by atoms with Gasteiger partial charge >= 0.3 is 0 Å². The number of aryl methyl sites for hydroxylation is 1. The van der Waals surface area contributed by atoms with Crippen molar-refractivity contribution in [3.05, 3.63) is 21.4 Å². The van der Waals surface area contributed by atoms with Gasteiger partial charge in [-0.15, -0.1) is 11.3 Å². The van der Waals surface area contributed by atoms with E-state index in [4.69, 9.17) is 5.73 Å². The van der Waals surface area contributed by atoms with Crippen LogP contribution in [0.25, 0.3) is 0 Å². The molecule has 2 heterocycles. The fourth-order valence-electron chi connectivity index (χ4n) is 1.84. The Bertz CT molecular complexity index is 564. The fraction of sp³-hybridized carbons (Fsp3) is 0.538. The van der Waals surface area contributed by atoms with Crippen molar-refractivity contribution < 1.29 is 0 Å². The van der Waals surface area contributed by atoms with Crippen molar-refractivity contribution in [1.82, 2.24) is 13.6 Å². The Morgan fingerprint density at radius 2 is 2.19 bits per heavy atom. The normalized spacial score (nSPS) is 11.2. The Balaban J connectivity index is 1.70. The van der Waals surface area contributed by atoms with E-state index in [1.807, 2.05) is 23.1 Å². The van der Waals surface area contributed by atoms with Gasteiger partial charge in [0, 0.05) is 34.3 Å². The van der Waals surface area contributed by atoms with Crippen molar-refractivity contribution in [3.8, 4) is 0 Å². The number of rotatable bonds is 8. The van der Waals surface area contributed by atoms with Gasteiger partial charge in [-0.1, -0.05) is 0 Å². The highest BCUT2D eigenvalue weighted by molar-refractivity contribution is 7.98. The molecule has 0 aliphatic heterocycles. The zero-order chi connectivity index (χ0) is 15.2. The van der Waals surface area contributed by atoms with Crippen LogP contribution >= 0.6 is 34.8 Å². The molecule has 0 unspecified atom stereocenters. The summed E-state index contributed by atoms with van der Waals surface area (Å²) in [5.41, 5.74) is 7.08. The van der Waals surface area contributed by atoms with E-state index in [1.54, 1.807) is 0 Å². The van der Waals surface area contributed by atoms with Gasteiger partial charge in [-0.2, -0.15) is 20.5 Å². The first-order chi connectivity index (χ1) is 10.1. The molecule has 0 saturated heterocycles. The quantitative estimate of drug-likeness (QED) is 0.719. The van der Waals surface area contributed by atoms with E-state index in [0.717, 1.165) is 36.3 Å². The average molecular weight is 344 g/mol. The molecule has 0 amide bonds. The molecule has 0 aliphatic carbocycles. The smallest absolute Gasteiger partial charge is 0.184 e. The first-order valence-electron chi connectivity index (χ1n) is 6.69. The van der Waals surface area contributed by atoms with E-state index in [-0.39, 0.29) is 0 Å². The summed E-state index contributed by atoms with van der Waals surface area (Å²) < 4.78 is 8.03. The van der Waals surface area contributed by atoms with Crippen molar-refractivity contribution in [1.29, 1.82) is 0 Å². The molecule has 21 heavy (non-hydrogen) atoms. The van der Waals surface area contributed by atoms with Crippen LogP contribution in [0.4, 0.5) is 11.6 Å². The summed E-state index contributed by atoms with van der Waals surface area (Å²) in [6, 6.07) is 2.31. The van der Waals surface area contributed by atoms with E-state index in [2.05, 4.69) is 46.0 Å². The minimum absolute atomic E-state index is 0.493. The highest BCUT2D eigenvalue weighted by Gasteiger charge is 2.07. The van der Waals surface area contributed by atoms with Crippen LogP contribution in [0.1, 0.15) is 15.3 Å². The molecule has 5 nitrogen and oxygen atoms in total. The molecule has 0 aromatic carbocycles. The second-order valence-electron chi connectivity index (χ2n) is 5.03. The van der Waals surface area contributed by atoms with Crippen molar-refractivity contribution in [3.63, 3.8) is 0 Å². The number of thioether (sulfide) groups is 1. The minimum Gasteiger partial charge on any atom is -0.380 e. The Hall–Kier alpha value is -0.830. The predicted octanol–water partition coefficient (Wildman–Crippen LogP) is 2.90. The lowest BCUT2D eigenvalue weighted by Crippen LogP contribution is -2.09. The van der Waals surface area contributed by atoms with Gasteiger partial charge in [0.2, 0.25) is 0 Å². The molecule has 2 aromatic rings. The number of hydrogen-bond acceptors (Lipinski definition) is 8. The summed E-state index contributed by atoms with van der Waals surface area (Å²) in [5.74, 6) is 3.29. The molecule has 0 atom stereocenters. The van der Waals surface area contributed by atoms with Crippen molar-refractivity contribution >= 4 is 46.5 Å². The Kier molecular flexibility index (Phi) is 6.28. The average Bonchev–Trinajstić information content (AvgIpc) is 2.96. The molecule has 0 radical (unpaired) electrons. The number of anilines is 2. The number of nitrogens with zero attached hydrogens (tertiary/aromatic N) is 3. The van der Waals surface area contributed by atoms with Crippen LogP contribution in [-0.2, 0) is 12.3 Å². The number of thiophene rings is 1. The van der Waals surface area contributed by atoms with Crippen LogP contribution in [0.2, 0.25) is 0 Å². The maximum Gasteiger partial charge on any atom is 0.184 e. The third-order valence-electron chi connectivity index (χ3n) is 2.83. The second-order valence-corrected chi connectivity index (χ2v) is 7.89. The largest absolute Gasteiger partial charge is 0.380 e. The van der Waals surface area contributed by atoms with E-state index < -0.39 is 0 Å². The first kappa shape index (κ1) is 16.5. The highest BCUT2D eigenvalue weighted by Crippen LogP contribution is 2.26. The maximum atomic E-state index is 5.67. The van der Waals surface area contributed by atoms with Crippen LogP contribution in [0, 0.1) is 6.92 Å². The lowest BCUT2D eigenvalue weighted by molar-refractivity contribution is 0.405. The van der Waals surface area contributed by atoms with Gasteiger partial charge in [-0.05, 0) is 32.6 Å². The zero-order valence-corrected chi connectivity index (χ0v) is 15.0. The molecule has 3 N–H and O–H groups in total. The van der Waals surface area contributed by atoms with Gasteiger partial charge in [0.05, 0.1) is 11.7 Å². The molecular weight excluding hydrogens is 322 g/mol. The van der Waals surface area contributed by atoms with E-state index in [1.165, 1.54) is 15.3 Å². The van der Waals surface area contributed by atoms with Gasteiger partial charge in [0.1, 0.15) is 0 Å². The van der Waals surface area contributed by atoms with E-state index >= 15 is 0 Å². The van der Waals surface area contributed by atoms with Gasteiger partial charge in [0.15, 0.2) is 11.6 Å². The minimum atomic E-state index is 0.493. The summed E-state index contributed by atoms with van der Waals surface area (Å²) >= 11 is 4.99. The summed E-state index contributed by atoms with van der Waals surface area (Å²) in [6.07, 6.45) is 0. The van der Waals surface area contributed by atoms with Crippen molar-refractivity contribution in [2.75, 3.05) is 37.4 Å². The van der Waals surface area contributed by atoms with Crippen LogP contribution in [-0.4, -0.2) is 40.0 Å². The Morgan fingerprint density at radius 3 is 2.86 bits per heavy atom. The zero-order valence-electron chi connectivity index (χ0n) is 12.5. The number of nitrogens with two attached hydrogens (primary N) is 1.